The van der Waals surface area contributed by atoms with E-state index in [0.717, 1.165) is 72.2 Å². The summed E-state index contributed by atoms with van der Waals surface area (Å²) in [6, 6.07) is 1.90. The summed E-state index contributed by atoms with van der Waals surface area (Å²) in [5, 5.41) is 9.86. The van der Waals surface area contributed by atoms with Crippen molar-refractivity contribution in [2.45, 2.75) is 20.5 Å². The first-order valence-electron chi connectivity index (χ1n) is 11.5. The predicted octanol–water partition coefficient (Wildman–Crippen LogP) is 2.85. The van der Waals surface area contributed by atoms with Gasteiger partial charge in [0.25, 0.3) is 5.91 Å². The van der Waals surface area contributed by atoms with Crippen LogP contribution in [0.2, 0.25) is 0 Å². The third-order valence-electron chi connectivity index (χ3n) is 6.46. The zero-order chi connectivity index (χ0) is 22.9. The molecule has 0 radical (unpaired) electrons. The highest BCUT2D eigenvalue weighted by Crippen LogP contribution is 2.27. The summed E-state index contributed by atoms with van der Waals surface area (Å²) in [5.74, 6) is -0.0953. The van der Waals surface area contributed by atoms with Gasteiger partial charge in [-0.15, -0.1) is 0 Å². The highest BCUT2D eigenvalue weighted by molar-refractivity contribution is 6.00. The second kappa shape index (κ2) is 8.84. The molecule has 5 heterocycles. The van der Waals surface area contributed by atoms with Crippen molar-refractivity contribution in [3.8, 4) is 0 Å². The molecule has 5 rings (SSSR count). The largest absolute Gasteiger partial charge is 0.392 e. The van der Waals surface area contributed by atoms with E-state index in [4.69, 9.17) is 0 Å². The van der Waals surface area contributed by atoms with Crippen LogP contribution in [0.4, 0.5) is 0 Å². The molecule has 0 spiro atoms. The van der Waals surface area contributed by atoms with E-state index in [0.29, 0.717) is 0 Å². The third-order valence-corrected chi connectivity index (χ3v) is 6.46. The van der Waals surface area contributed by atoms with Gasteiger partial charge >= 0.3 is 0 Å². The Balaban J connectivity index is 1.46. The zero-order valence-electron chi connectivity index (χ0n) is 19.1. The highest BCUT2D eigenvalue weighted by atomic mass is 16.3. The van der Waals surface area contributed by atoms with Gasteiger partial charge in [-0.2, -0.15) is 0 Å². The van der Waals surface area contributed by atoms with Crippen LogP contribution in [-0.2, 0) is 11.4 Å². The molecule has 7 nitrogen and oxygen atoms in total. The number of aliphatic hydroxyl groups excluding tert-OH is 1. The van der Waals surface area contributed by atoms with Crippen molar-refractivity contribution in [2.24, 2.45) is 0 Å². The van der Waals surface area contributed by atoms with Gasteiger partial charge < -0.3 is 19.3 Å². The normalized spacial score (nSPS) is 23.4. The van der Waals surface area contributed by atoms with Gasteiger partial charge in [0, 0.05) is 62.1 Å². The van der Waals surface area contributed by atoms with Gasteiger partial charge in [0.15, 0.2) is 0 Å². The second-order valence-electron chi connectivity index (χ2n) is 8.59. The summed E-state index contributed by atoms with van der Waals surface area (Å²) >= 11 is 0. The van der Waals surface area contributed by atoms with E-state index in [1.165, 1.54) is 0 Å². The molecule has 0 bridgehead atoms. The second-order valence-corrected chi connectivity index (χ2v) is 8.59. The molecule has 1 saturated heterocycles. The average Bonchev–Trinajstić information content (AvgIpc) is 3.21. The smallest absolute Gasteiger partial charge is 0.255 e. The molecular formula is C26H29N5O2. The lowest BCUT2D eigenvalue weighted by Crippen LogP contribution is -2.46. The van der Waals surface area contributed by atoms with Crippen LogP contribution in [0.3, 0.4) is 0 Å². The SMILES string of the molecule is CCN1CCN(C2=CN3C(=O)\C=C(c4cc(CO)c5nc(C)cn5c4)/C=C/C=C/3C=C2)CC1. The van der Waals surface area contributed by atoms with Gasteiger partial charge in [-0.1, -0.05) is 19.1 Å². The number of nitrogens with zero attached hydrogens (tertiary/aromatic N) is 5. The number of amides is 1. The average molecular weight is 444 g/mol. The number of allylic oxidation sites excluding steroid dienone is 6. The van der Waals surface area contributed by atoms with Crippen LogP contribution in [-0.4, -0.2) is 67.8 Å². The molecule has 0 atom stereocenters. The van der Waals surface area contributed by atoms with Crippen LogP contribution in [0.15, 0.2) is 72.5 Å². The number of rotatable bonds is 4. The van der Waals surface area contributed by atoms with Gasteiger partial charge in [-0.3, -0.25) is 9.69 Å². The third kappa shape index (κ3) is 4.17. The fourth-order valence-electron chi connectivity index (χ4n) is 4.58. The number of likely N-dealkylation sites (N-methyl/N-ethyl adjacent to an activating group) is 1. The summed E-state index contributed by atoms with van der Waals surface area (Å²) in [7, 11) is 0. The Morgan fingerprint density at radius 1 is 1.06 bits per heavy atom. The number of imidazole rings is 1. The minimum absolute atomic E-state index is 0.0953. The maximum absolute atomic E-state index is 13.3. The molecule has 1 N–H and O–H groups in total. The van der Waals surface area contributed by atoms with Crippen molar-refractivity contribution in [1.82, 2.24) is 24.1 Å². The number of hydrogen-bond donors (Lipinski definition) is 1. The number of piperazine rings is 1. The standard InChI is InChI=1S/C26H29N5O2/c1-3-28-9-11-29(12-10-28)24-8-7-23-6-4-5-20(14-25(33)31(23)17-24)21-13-22(18-32)26-27-19(2)15-30(26)16-21/h4-8,13-17,32H,3,9-12,18H2,1-2H3/b5-4+,20-14+,23-6+. The lowest BCUT2D eigenvalue weighted by Gasteiger charge is -2.37. The van der Waals surface area contributed by atoms with Gasteiger partial charge in [-0.25, -0.2) is 4.98 Å². The van der Waals surface area contributed by atoms with Crippen LogP contribution in [0, 0.1) is 6.92 Å². The number of hydrogen-bond acceptors (Lipinski definition) is 5. The molecule has 33 heavy (non-hydrogen) atoms. The minimum atomic E-state index is -0.114. The summed E-state index contributed by atoms with van der Waals surface area (Å²) in [4.78, 5) is 24.3. The van der Waals surface area contributed by atoms with Crippen molar-refractivity contribution in [2.75, 3.05) is 32.7 Å². The Labute approximate surface area is 193 Å². The van der Waals surface area contributed by atoms with Gasteiger partial charge in [-0.05, 0) is 48.9 Å². The monoisotopic (exact) mass is 443 g/mol. The van der Waals surface area contributed by atoms with Gasteiger partial charge in [0.1, 0.15) is 5.65 Å². The molecule has 0 unspecified atom stereocenters. The number of aryl methyl sites for hydroxylation is 1. The zero-order valence-corrected chi connectivity index (χ0v) is 19.1. The molecule has 170 valence electrons. The number of aromatic nitrogens is 2. The summed E-state index contributed by atoms with van der Waals surface area (Å²) in [5.41, 5.74) is 5.91. The van der Waals surface area contributed by atoms with Crippen LogP contribution in [0.25, 0.3) is 11.2 Å². The maximum atomic E-state index is 13.3. The maximum Gasteiger partial charge on any atom is 0.255 e. The predicted molar refractivity (Wildman–Crippen MR) is 129 cm³/mol. The Hall–Kier alpha value is -3.42. The molecule has 3 aliphatic heterocycles. The van der Waals surface area contributed by atoms with E-state index >= 15 is 0 Å². The Kier molecular flexibility index (Phi) is 5.74. The molecule has 0 saturated carbocycles. The van der Waals surface area contributed by atoms with Crippen LogP contribution in [0.1, 0.15) is 23.7 Å². The van der Waals surface area contributed by atoms with E-state index in [1.807, 2.05) is 60.3 Å². The Morgan fingerprint density at radius 3 is 2.61 bits per heavy atom. The summed E-state index contributed by atoms with van der Waals surface area (Å²) in [6.07, 6.45) is 17.5. The Morgan fingerprint density at radius 2 is 1.85 bits per heavy atom. The van der Waals surface area contributed by atoms with E-state index in [1.54, 1.807) is 11.0 Å². The molecule has 3 aliphatic rings. The van der Waals surface area contributed by atoms with Crippen molar-refractivity contribution in [3.63, 3.8) is 0 Å². The van der Waals surface area contributed by atoms with E-state index in [-0.39, 0.29) is 12.5 Å². The quantitative estimate of drug-likeness (QED) is 0.787. The lowest BCUT2D eigenvalue weighted by molar-refractivity contribution is -0.122. The van der Waals surface area contributed by atoms with Gasteiger partial charge in [0.05, 0.1) is 18.0 Å². The molecule has 2 aromatic heterocycles. The number of fused-ring (bicyclic) bond motifs is 2. The fraction of sp³-hybridized carbons (Fsp3) is 0.308. The number of aliphatic hydroxyl groups is 1. The number of carbonyl (C=O) groups excluding carboxylic acids is 1. The van der Waals surface area contributed by atoms with E-state index in [2.05, 4.69) is 27.8 Å². The highest BCUT2D eigenvalue weighted by Gasteiger charge is 2.23. The molecule has 0 aliphatic carbocycles. The Bertz CT molecular complexity index is 1240. The minimum Gasteiger partial charge on any atom is -0.392 e. The topological polar surface area (TPSA) is 64.3 Å². The van der Waals surface area contributed by atoms with Crippen LogP contribution in [0.5, 0.6) is 0 Å². The molecule has 0 aromatic carbocycles. The first-order valence-corrected chi connectivity index (χ1v) is 11.5. The molecule has 1 amide bonds. The van der Waals surface area contributed by atoms with Crippen molar-refractivity contribution >= 4 is 17.1 Å². The van der Waals surface area contributed by atoms with Crippen molar-refractivity contribution in [3.05, 3.63) is 89.3 Å². The summed E-state index contributed by atoms with van der Waals surface area (Å²) in [6.45, 7) is 9.07. The first-order chi connectivity index (χ1) is 16.1. The summed E-state index contributed by atoms with van der Waals surface area (Å²) < 4.78 is 1.91. The number of carbonyl (C=O) groups is 1. The van der Waals surface area contributed by atoms with E-state index < -0.39 is 0 Å². The fourth-order valence-corrected chi connectivity index (χ4v) is 4.58. The van der Waals surface area contributed by atoms with E-state index in [9.17, 15) is 9.90 Å². The van der Waals surface area contributed by atoms with Crippen molar-refractivity contribution < 1.29 is 9.90 Å². The molecule has 7 heteroatoms. The van der Waals surface area contributed by atoms with Crippen LogP contribution < -0.4 is 0 Å². The van der Waals surface area contributed by atoms with Gasteiger partial charge in [0.2, 0.25) is 0 Å². The molecule has 2 aromatic rings. The molecular weight excluding hydrogens is 414 g/mol. The number of pyridine rings is 1. The first kappa shape index (κ1) is 21.4. The van der Waals surface area contributed by atoms with Crippen molar-refractivity contribution in [1.29, 1.82) is 0 Å². The van der Waals surface area contributed by atoms with Crippen LogP contribution >= 0.6 is 0 Å². The lowest BCUT2D eigenvalue weighted by atomic mass is 10.0. The molecule has 1 fully saturated rings.